The smallest absolute Gasteiger partial charge is 0.311 e. The van der Waals surface area contributed by atoms with Crippen LogP contribution in [-0.4, -0.2) is 17.7 Å². The Labute approximate surface area is 102 Å². The summed E-state index contributed by atoms with van der Waals surface area (Å²) >= 11 is 1.87. The molecule has 15 heavy (non-hydrogen) atoms. The number of carbonyl (C=O) groups excluding carboxylic acids is 1. The summed E-state index contributed by atoms with van der Waals surface area (Å²) in [6, 6.07) is 6.67. The van der Waals surface area contributed by atoms with E-state index in [-0.39, 0.29) is 18.8 Å². The Kier molecular flexibility index (Phi) is 4.98. The second kappa shape index (κ2) is 6.30. The molecule has 1 rings (SSSR count). The van der Waals surface area contributed by atoms with Crippen LogP contribution in [0.3, 0.4) is 0 Å². The number of esters is 1. The molecule has 0 aromatic heterocycles. The zero-order valence-electron chi connectivity index (χ0n) is 7.87. The predicted molar refractivity (Wildman–Crippen MR) is 64.6 cm³/mol. The van der Waals surface area contributed by atoms with Crippen LogP contribution in [0.25, 0.3) is 0 Å². The van der Waals surface area contributed by atoms with E-state index in [1.165, 1.54) is 6.07 Å². The van der Waals surface area contributed by atoms with E-state index in [2.05, 4.69) is 9.85 Å². The fourth-order valence-corrected chi connectivity index (χ4v) is 1.17. The van der Waals surface area contributed by atoms with Crippen molar-refractivity contribution in [2.75, 3.05) is 6.61 Å². The van der Waals surface area contributed by atoms with Crippen LogP contribution in [-0.2, 0) is 16.0 Å². The number of ether oxygens (including phenoxy) is 1. The van der Waals surface area contributed by atoms with Crippen molar-refractivity contribution < 1.29 is 14.6 Å². The van der Waals surface area contributed by atoms with Crippen molar-refractivity contribution in [3.63, 3.8) is 0 Å². The van der Waals surface area contributed by atoms with E-state index in [4.69, 9.17) is 4.74 Å². The van der Waals surface area contributed by atoms with Crippen LogP contribution in [0.15, 0.2) is 24.3 Å². The average Bonchev–Trinajstić information content (AvgIpc) is 2.22. The van der Waals surface area contributed by atoms with Gasteiger partial charge in [0.2, 0.25) is 0 Å². The molecule has 0 aliphatic heterocycles. The molecule has 0 radical (unpaired) electrons. The Morgan fingerprint density at radius 1 is 1.47 bits per heavy atom. The lowest BCUT2D eigenvalue weighted by molar-refractivity contribution is -0.141. The van der Waals surface area contributed by atoms with Gasteiger partial charge in [0.25, 0.3) is 0 Å². The molecule has 0 spiro atoms. The molecule has 1 aromatic rings. The number of hydrogen-bond acceptors (Lipinski definition) is 3. The van der Waals surface area contributed by atoms with E-state index in [0.717, 1.165) is 0 Å². The number of carbonyl (C=O) groups is 1. The summed E-state index contributed by atoms with van der Waals surface area (Å²) in [5.41, 5.74) is 0.560. The Morgan fingerprint density at radius 2 is 2.20 bits per heavy atom. The van der Waals surface area contributed by atoms with E-state index in [0.29, 0.717) is 5.56 Å². The van der Waals surface area contributed by atoms with Crippen LogP contribution >= 0.6 is 22.6 Å². The zero-order valence-corrected chi connectivity index (χ0v) is 10.0. The molecule has 0 saturated heterocycles. The minimum Gasteiger partial charge on any atom is -0.508 e. The topological polar surface area (TPSA) is 46.5 Å². The van der Waals surface area contributed by atoms with Crippen molar-refractivity contribution >= 4 is 28.6 Å². The van der Waals surface area contributed by atoms with E-state index in [9.17, 15) is 9.90 Å². The minimum atomic E-state index is -0.393. The van der Waals surface area contributed by atoms with Gasteiger partial charge in [-0.05, 0) is 9.99 Å². The normalized spacial score (nSPS) is 8.87. The molecule has 0 heterocycles. The largest absolute Gasteiger partial charge is 0.508 e. The molecule has 78 valence electrons. The van der Waals surface area contributed by atoms with Crippen LogP contribution in [0, 0.1) is 9.85 Å². The molecule has 0 saturated carbocycles. The van der Waals surface area contributed by atoms with Gasteiger partial charge < -0.3 is 9.84 Å². The second-order valence-corrected chi connectivity index (χ2v) is 3.28. The maximum atomic E-state index is 11.2. The minimum absolute atomic E-state index is 0.0651. The summed E-state index contributed by atoms with van der Waals surface area (Å²) in [6.07, 6.45) is 0.0651. The molecule has 0 amide bonds. The number of aromatic hydroxyl groups is 1. The van der Waals surface area contributed by atoms with Gasteiger partial charge in [0.15, 0.2) is 6.61 Å². The van der Waals surface area contributed by atoms with Crippen molar-refractivity contribution in [2.45, 2.75) is 6.42 Å². The first-order valence-corrected chi connectivity index (χ1v) is 5.33. The fourth-order valence-electron chi connectivity index (χ4n) is 1.01. The van der Waals surface area contributed by atoms with Crippen molar-refractivity contribution in [1.82, 2.24) is 0 Å². The highest BCUT2D eigenvalue weighted by molar-refractivity contribution is 14.1. The lowest BCUT2D eigenvalue weighted by Crippen LogP contribution is -2.08. The molecule has 1 N–H and O–H groups in total. The Hall–Kier alpha value is -1.22. The van der Waals surface area contributed by atoms with Gasteiger partial charge in [0.1, 0.15) is 5.75 Å². The van der Waals surface area contributed by atoms with Gasteiger partial charge in [-0.15, -0.1) is 0 Å². The molecule has 0 unspecified atom stereocenters. The van der Waals surface area contributed by atoms with Gasteiger partial charge in [-0.25, -0.2) is 0 Å². The summed E-state index contributed by atoms with van der Waals surface area (Å²) < 4.78 is 7.40. The first-order chi connectivity index (χ1) is 7.24. The van der Waals surface area contributed by atoms with Gasteiger partial charge >= 0.3 is 5.97 Å². The second-order valence-electron chi connectivity index (χ2n) is 2.74. The standard InChI is InChI=1S/C11H9IO3/c12-6-3-7-15-11(14)8-9-4-1-2-5-10(9)13/h1-2,4-5,13H,7-8H2. The molecule has 0 aliphatic rings. The van der Waals surface area contributed by atoms with Crippen LogP contribution in [0.4, 0.5) is 0 Å². The first-order valence-electron chi connectivity index (χ1n) is 4.25. The Bertz CT molecular complexity index is 404. The van der Waals surface area contributed by atoms with E-state index < -0.39 is 5.97 Å². The van der Waals surface area contributed by atoms with Crippen molar-refractivity contribution in [3.05, 3.63) is 29.8 Å². The number of phenolic OH excluding ortho intramolecular Hbond substituents is 1. The first kappa shape index (κ1) is 11.9. The molecule has 4 heteroatoms. The van der Waals surface area contributed by atoms with Gasteiger partial charge in [0.05, 0.1) is 6.42 Å². The number of para-hydroxylation sites is 1. The SMILES string of the molecule is O=C(Cc1ccccc1O)OCC#CI. The quantitative estimate of drug-likeness (QED) is 0.526. The molecule has 0 fully saturated rings. The molecular weight excluding hydrogens is 307 g/mol. The van der Waals surface area contributed by atoms with E-state index >= 15 is 0 Å². The lowest BCUT2D eigenvalue weighted by Gasteiger charge is -2.03. The monoisotopic (exact) mass is 316 g/mol. The summed E-state index contributed by atoms with van der Waals surface area (Å²) in [5.74, 6) is 2.32. The number of benzene rings is 1. The Morgan fingerprint density at radius 3 is 2.87 bits per heavy atom. The third-order valence-electron chi connectivity index (χ3n) is 1.70. The summed E-state index contributed by atoms with van der Waals surface area (Å²) in [7, 11) is 0. The number of rotatable bonds is 3. The Balaban J connectivity index is 2.50. The number of hydrogen-bond donors (Lipinski definition) is 1. The zero-order chi connectivity index (χ0) is 11.1. The summed E-state index contributed by atoms with van der Waals surface area (Å²) in [4.78, 5) is 11.2. The molecular formula is C11H9IO3. The number of phenols is 1. The molecule has 0 atom stereocenters. The maximum Gasteiger partial charge on any atom is 0.311 e. The van der Waals surface area contributed by atoms with Gasteiger partial charge in [-0.1, -0.05) is 24.1 Å². The molecule has 3 nitrogen and oxygen atoms in total. The van der Waals surface area contributed by atoms with E-state index in [1.807, 2.05) is 22.6 Å². The number of halogens is 1. The van der Waals surface area contributed by atoms with Crippen molar-refractivity contribution in [2.24, 2.45) is 0 Å². The predicted octanol–water partition coefficient (Wildman–Crippen LogP) is 1.87. The van der Waals surface area contributed by atoms with Crippen LogP contribution in [0.1, 0.15) is 5.56 Å². The maximum absolute atomic E-state index is 11.2. The van der Waals surface area contributed by atoms with E-state index in [1.54, 1.807) is 18.2 Å². The summed E-state index contributed by atoms with van der Waals surface area (Å²) in [5, 5.41) is 9.39. The van der Waals surface area contributed by atoms with Crippen LogP contribution in [0.5, 0.6) is 5.75 Å². The third-order valence-corrected chi connectivity index (χ3v) is 2.08. The van der Waals surface area contributed by atoms with Crippen molar-refractivity contribution in [3.8, 4) is 15.6 Å². The van der Waals surface area contributed by atoms with Crippen molar-refractivity contribution in [1.29, 1.82) is 0 Å². The van der Waals surface area contributed by atoms with Gasteiger partial charge in [0, 0.05) is 28.2 Å². The van der Waals surface area contributed by atoms with Crippen LogP contribution < -0.4 is 0 Å². The molecule has 1 aromatic carbocycles. The summed E-state index contributed by atoms with van der Waals surface area (Å²) in [6.45, 7) is 0.0926. The van der Waals surface area contributed by atoms with Crippen LogP contribution in [0.2, 0.25) is 0 Å². The van der Waals surface area contributed by atoms with Gasteiger partial charge in [-0.2, -0.15) is 0 Å². The highest BCUT2D eigenvalue weighted by Gasteiger charge is 2.07. The molecule has 0 bridgehead atoms. The van der Waals surface area contributed by atoms with Gasteiger partial charge in [-0.3, -0.25) is 4.79 Å². The lowest BCUT2D eigenvalue weighted by atomic mass is 10.1. The highest BCUT2D eigenvalue weighted by atomic mass is 127. The third kappa shape index (κ3) is 4.21. The average molecular weight is 316 g/mol. The highest BCUT2D eigenvalue weighted by Crippen LogP contribution is 2.16. The molecule has 0 aliphatic carbocycles. The fraction of sp³-hybridized carbons (Fsp3) is 0.182.